The van der Waals surface area contributed by atoms with Gasteiger partial charge in [-0.15, -0.1) is 0 Å². The van der Waals surface area contributed by atoms with E-state index in [2.05, 4.69) is 35.5 Å². The average molecular weight is 916 g/mol. The Morgan fingerprint density at radius 3 is 1.51 bits per heavy atom. The summed E-state index contributed by atoms with van der Waals surface area (Å²) in [5.74, 6) is -0.329. The molecule has 0 aromatic heterocycles. The predicted molar refractivity (Wildman–Crippen MR) is 255 cm³/mol. The zero-order valence-corrected chi connectivity index (χ0v) is 40.5. The lowest BCUT2D eigenvalue weighted by molar-refractivity contribution is -0.298. The third-order valence-electron chi connectivity index (χ3n) is 11.9. The highest BCUT2D eigenvalue weighted by Gasteiger charge is 2.48. The van der Waals surface area contributed by atoms with Crippen LogP contribution < -0.4 is 5.32 Å². The number of allylic oxidation sites excluding steroid dienone is 5. The maximum absolute atomic E-state index is 13.0. The Bertz CT molecular complexity index is 1260. The van der Waals surface area contributed by atoms with Gasteiger partial charge in [-0.25, -0.2) is 4.18 Å². The third kappa shape index (κ3) is 33.4. The highest BCUT2D eigenvalue weighted by molar-refractivity contribution is 7.80. The second kappa shape index (κ2) is 40.6. The standard InChI is InChI=1S/C50H93NO11S/c1-3-5-7-9-11-13-15-17-18-19-20-21-22-23-24-25-26-28-29-31-33-35-37-39-44(53)43(42-60-50-48(56)49(62-63(57,58)59)47(55)45(41-52)61-50)51-46(54)40-38-36-34-32-30-27-16-14-12-10-8-6-4-2/h27,30,34,36-37,39,43-45,47-50,52-53,55-56H,3-26,28-29,31-33,35,38,40-42H2,1-2H3,(H,51,54)(H,57,58,59)/b30-27-,36-34-,39-37+. The van der Waals surface area contributed by atoms with Crippen molar-refractivity contribution >= 4 is 16.3 Å². The van der Waals surface area contributed by atoms with Gasteiger partial charge >= 0.3 is 10.4 Å². The monoisotopic (exact) mass is 916 g/mol. The number of aliphatic hydroxyl groups excluding tert-OH is 4. The summed E-state index contributed by atoms with van der Waals surface area (Å²) in [6, 6.07) is -0.974. The Morgan fingerprint density at radius 1 is 0.635 bits per heavy atom. The molecule has 0 radical (unpaired) electrons. The molecule has 7 atom stereocenters. The number of unbranched alkanes of at least 4 members (excludes halogenated alkanes) is 27. The van der Waals surface area contributed by atoms with Crippen molar-refractivity contribution in [3.63, 3.8) is 0 Å². The Kier molecular flexibility index (Phi) is 38.2. The number of amides is 1. The lowest BCUT2D eigenvalue weighted by Crippen LogP contribution is -2.61. The van der Waals surface area contributed by atoms with Crippen molar-refractivity contribution < 1.29 is 51.8 Å². The molecule has 1 aliphatic heterocycles. The minimum Gasteiger partial charge on any atom is -0.394 e. The second-order valence-electron chi connectivity index (χ2n) is 17.8. The van der Waals surface area contributed by atoms with Crippen LogP contribution in [-0.4, -0.2) is 95.4 Å². The van der Waals surface area contributed by atoms with Crippen LogP contribution in [-0.2, 0) is 28.9 Å². The molecule has 7 unspecified atom stereocenters. The topological polar surface area (TPSA) is 192 Å². The van der Waals surface area contributed by atoms with Gasteiger partial charge in [-0.1, -0.05) is 211 Å². The fourth-order valence-corrected chi connectivity index (χ4v) is 8.48. The van der Waals surface area contributed by atoms with Crippen molar-refractivity contribution in [3.8, 4) is 0 Å². The van der Waals surface area contributed by atoms with Crippen LogP contribution in [0.25, 0.3) is 0 Å². The van der Waals surface area contributed by atoms with Gasteiger partial charge in [0.25, 0.3) is 0 Å². The average Bonchev–Trinajstić information content (AvgIpc) is 3.25. The summed E-state index contributed by atoms with van der Waals surface area (Å²) in [6.45, 7) is 3.35. The number of ether oxygens (including phenoxy) is 2. The Balaban J connectivity index is 2.46. The van der Waals surface area contributed by atoms with E-state index in [1.165, 1.54) is 161 Å². The number of nitrogens with one attached hydrogen (secondary N) is 1. The maximum Gasteiger partial charge on any atom is 0.397 e. The first-order valence-corrected chi connectivity index (χ1v) is 26.7. The molecule has 0 aromatic carbocycles. The molecule has 0 saturated carbocycles. The number of rotatable bonds is 43. The van der Waals surface area contributed by atoms with E-state index >= 15 is 0 Å². The summed E-state index contributed by atoms with van der Waals surface area (Å²) in [4.78, 5) is 13.0. The molecular formula is C50H93NO11S. The molecule has 0 aromatic rings. The van der Waals surface area contributed by atoms with E-state index < -0.39 is 59.9 Å². The van der Waals surface area contributed by atoms with E-state index in [-0.39, 0.29) is 18.9 Å². The molecule has 13 heteroatoms. The first kappa shape index (κ1) is 59.3. The normalized spacial score (nSPS) is 20.7. The number of hydrogen-bond acceptors (Lipinski definition) is 10. The largest absolute Gasteiger partial charge is 0.397 e. The molecule has 1 heterocycles. The molecule has 12 nitrogen and oxygen atoms in total. The number of hydrogen-bond donors (Lipinski definition) is 6. The van der Waals surface area contributed by atoms with Gasteiger partial charge in [-0.2, -0.15) is 8.42 Å². The smallest absolute Gasteiger partial charge is 0.394 e. The van der Waals surface area contributed by atoms with Gasteiger partial charge in [0.2, 0.25) is 5.91 Å². The molecule has 0 bridgehead atoms. The van der Waals surface area contributed by atoms with Crippen LogP contribution >= 0.6 is 0 Å². The lowest BCUT2D eigenvalue weighted by Gasteiger charge is -2.41. The fourth-order valence-electron chi connectivity index (χ4n) is 7.98. The summed E-state index contributed by atoms with van der Waals surface area (Å²) in [7, 11) is -5.09. The van der Waals surface area contributed by atoms with Crippen molar-refractivity contribution in [2.24, 2.45) is 0 Å². The van der Waals surface area contributed by atoms with Gasteiger partial charge < -0.3 is 35.2 Å². The van der Waals surface area contributed by atoms with Crippen LogP contribution in [0.5, 0.6) is 0 Å². The Morgan fingerprint density at radius 2 is 1.06 bits per heavy atom. The summed E-state index contributed by atoms with van der Waals surface area (Å²) >= 11 is 0. The second-order valence-corrected chi connectivity index (χ2v) is 18.8. The first-order chi connectivity index (χ1) is 30.5. The van der Waals surface area contributed by atoms with Gasteiger partial charge in [-0.3, -0.25) is 9.35 Å². The van der Waals surface area contributed by atoms with Gasteiger partial charge in [0, 0.05) is 6.42 Å². The first-order valence-electron chi connectivity index (χ1n) is 25.4. The zero-order chi connectivity index (χ0) is 46.2. The minimum absolute atomic E-state index is 0.163. The quantitative estimate of drug-likeness (QED) is 0.0194. The molecule has 63 heavy (non-hydrogen) atoms. The van der Waals surface area contributed by atoms with Crippen LogP contribution in [0.3, 0.4) is 0 Å². The SMILES string of the molecule is CCCCCCCC/C=C\C/C=C\CCC(=O)NC(COC1OC(CO)C(O)C(OS(=O)(=O)O)C1O)C(O)/C=C/CCCCCCCCCCCCCCCCCCCCCCC. The number of carbonyl (C=O) groups excluding carboxylic acids is 1. The Labute approximate surface area is 384 Å². The Hall–Kier alpha value is -1.68. The zero-order valence-electron chi connectivity index (χ0n) is 39.6. The van der Waals surface area contributed by atoms with E-state index in [9.17, 15) is 38.2 Å². The minimum atomic E-state index is -5.09. The number of carbonyl (C=O) groups is 1. The van der Waals surface area contributed by atoms with E-state index in [4.69, 9.17) is 9.47 Å². The van der Waals surface area contributed by atoms with E-state index in [0.29, 0.717) is 6.42 Å². The van der Waals surface area contributed by atoms with Crippen LogP contribution in [0.4, 0.5) is 0 Å². The molecule has 1 fully saturated rings. The molecule has 0 aliphatic carbocycles. The van der Waals surface area contributed by atoms with E-state index in [1.54, 1.807) is 6.08 Å². The molecule has 0 spiro atoms. The number of aliphatic hydroxyl groups is 4. The van der Waals surface area contributed by atoms with Gasteiger partial charge in [0.1, 0.15) is 24.4 Å². The van der Waals surface area contributed by atoms with Crippen LogP contribution in [0, 0.1) is 0 Å². The molecular weight excluding hydrogens is 823 g/mol. The molecule has 6 N–H and O–H groups in total. The van der Waals surface area contributed by atoms with Crippen molar-refractivity contribution in [1.82, 2.24) is 5.32 Å². The van der Waals surface area contributed by atoms with Crippen molar-refractivity contribution in [2.75, 3.05) is 13.2 Å². The van der Waals surface area contributed by atoms with Crippen molar-refractivity contribution in [1.29, 1.82) is 0 Å². The van der Waals surface area contributed by atoms with E-state index in [1.807, 2.05) is 18.2 Å². The van der Waals surface area contributed by atoms with Gasteiger partial charge in [0.15, 0.2) is 6.29 Å². The molecule has 370 valence electrons. The van der Waals surface area contributed by atoms with Crippen molar-refractivity contribution in [2.45, 2.75) is 262 Å². The predicted octanol–water partition coefficient (Wildman–Crippen LogP) is 10.7. The third-order valence-corrected chi connectivity index (χ3v) is 12.4. The van der Waals surface area contributed by atoms with Crippen LogP contribution in [0.15, 0.2) is 36.5 Å². The fraction of sp³-hybridized carbons (Fsp3) is 0.860. The lowest BCUT2D eigenvalue weighted by atomic mass is 9.99. The molecule has 1 aliphatic rings. The molecule has 1 rings (SSSR count). The highest BCUT2D eigenvalue weighted by atomic mass is 32.3. The molecule has 1 saturated heterocycles. The van der Waals surface area contributed by atoms with Crippen molar-refractivity contribution in [3.05, 3.63) is 36.5 Å². The summed E-state index contributed by atoms with van der Waals surface area (Å²) in [5.41, 5.74) is 0. The van der Waals surface area contributed by atoms with Gasteiger partial charge in [-0.05, 0) is 38.5 Å². The van der Waals surface area contributed by atoms with Crippen LogP contribution in [0.1, 0.15) is 219 Å². The van der Waals surface area contributed by atoms with Crippen LogP contribution in [0.2, 0.25) is 0 Å². The van der Waals surface area contributed by atoms with E-state index in [0.717, 1.165) is 32.1 Å². The summed E-state index contributed by atoms with van der Waals surface area (Å²) < 4.78 is 47.6. The maximum atomic E-state index is 13.0. The van der Waals surface area contributed by atoms with Gasteiger partial charge in [0.05, 0.1) is 25.4 Å². The summed E-state index contributed by atoms with van der Waals surface area (Å²) in [6.07, 6.45) is 40.7. The molecule has 1 amide bonds. The summed E-state index contributed by atoms with van der Waals surface area (Å²) in [5, 5.41) is 44.7. The highest BCUT2D eigenvalue weighted by Crippen LogP contribution is 2.26.